The molecule has 21 heavy (non-hydrogen) atoms. The minimum Gasteiger partial charge on any atom is -0.487 e. The third-order valence-corrected chi connectivity index (χ3v) is 3.60. The van der Waals surface area contributed by atoms with Gasteiger partial charge >= 0.3 is 5.97 Å². The van der Waals surface area contributed by atoms with Crippen LogP contribution in [0.1, 0.15) is 45.3 Å². The molecule has 0 atom stereocenters. The summed E-state index contributed by atoms with van der Waals surface area (Å²) in [6.45, 7) is 4.66. The first-order valence-corrected chi connectivity index (χ1v) is 7.47. The Morgan fingerprint density at radius 1 is 1.43 bits per heavy atom. The van der Waals surface area contributed by atoms with Gasteiger partial charge in [-0.2, -0.15) is 0 Å². The van der Waals surface area contributed by atoms with E-state index in [2.05, 4.69) is 13.8 Å². The van der Waals surface area contributed by atoms with Crippen molar-refractivity contribution in [1.29, 1.82) is 0 Å². The van der Waals surface area contributed by atoms with E-state index in [0.717, 1.165) is 25.7 Å². The maximum absolute atomic E-state index is 11.8. The van der Waals surface area contributed by atoms with E-state index in [1.54, 1.807) is 0 Å². The van der Waals surface area contributed by atoms with Gasteiger partial charge in [0.15, 0.2) is 0 Å². The Bertz CT molecular complexity index is 528. The normalized spacial score (nSPS) is 14.8. The van der Waals surface area contributed by atoms with Crippen LogP contribution < -0.4 is 10.2 Å². The lowest BCUT2D eigenvalue weighted by molar-refractivity contribution is -0.153. The first kappa shape index (κ1) is 15.6. The largest absolute Gasteiger partial charge is 0.487 e. The Balaban J connectivity index is 1.83. The van der Waals surface area contributed by atoms with Crippen molar-refractivity contribution in [2.75, 3.05) is 6.61 Å². The van der Waals surface area contributed by atoms with Crippen LogP contribution in [0, 0.1) is 11.8 Å². The van der Waals surface area contributed by atoms with Crippen molar-refractivity contribution < 1.29 is 18.7 Å². The van der Waals surface area contributed by atoms with E-state index in [9.17, 15) is 9.59 Å². The summed E-state index contributed by atoms with van der Waals surface area (Å²) in [5.41, 5.74) is -0.250. The number of esters is 1. The molecular formula is C16H22O5. The second kappa shape index (κ2) is 7.29. The number of hydrogen-bond acceptors (Lipinski definition) is 5. The zero-order valence-corrected chi connectivity index (χ0v) is 12.6. The van der Waals surface area contributed by atoms with Gasteiger partial charge < -0.3 is 13.9 Å². The summed E-state index contributed by atoms with van der Waals surface area (Å²) in [6.07, 6.45) is 5.03. The number of carbonyl (C=O) groups is 1. The van der Waals surface area contributed by atoms with Gasteiger partial charge in [-0.15, -0.1) is 0 Å². The minimum atomic E-state index is -0.250. The van der Waals surface area contributed by atoms with E-state index >= 15 is 0 Å². The molecule has 0 N–H and O–H groups in total. The lowest BCUT2D eigenvalue weighted by Crippen LogP contribution is -2.24. The van der Waals surface area contributed by atoms with Gasteiger partial charge in [0.2, 0.25) is 11.2 Å². The molecule has 1 aliphatic carbocycles. The molecule has 0 amide bonds. The van der Waals surface area contributed by atoms with Gasteiger partial charge in [-0.25, -0.2) is 0 Å². The van der Waals surface area contributed by atoms with Gasteiger partial charge in [-0.05, 0) is 25.2 Å². The number of hydrogen-bond donors (Lipinski definition) is 0. The molecule has 2 rings (SSSR count). The average Bonchev–Trinajstić information content (AvgIpc) is 2.36. The Labute approximate surface area is 124 Å². The van der Waals surface area contributed by atoms with Gasteiger partial charge in [0.25, 0.3) is 0 Å². The van der Waals surface area contributed by atoms with Crippen molar-refractivity contribution in [1.82, 2.24) is 0 Å². The lowest BCUT2D eigenvalue weighted by atomic mass is 9.86. The lowest BCUT2D eigenvalue weighted by Gasteiger charge is -2.22. The fourth-order valence-electron chi connectivity index (χ4n) is 1.93. The van der Waals surface area contributed by atoms with E-state index in [-0.39, 0.29) is 29.7 Å². The van der Waals surface area contributed by atoms with Crippen molar-refractivity contribution >= 4 is 5.97 Å². The van der Waals surface area contributed by atoms with Crippen molar-refractivity contribution in [3.8, 4) is 5.75 Å². The second-order valence-electron chi connectivity index (χ2n) is 5.84. The molecule has 1 heterocycles. The van der Waals surface area contributed by atoms with Gasteiger partial charge in [0.05, 0.1) is 12.5 Å². The standard InChI is InChI=1S/C16H22O5/c1-11(2)6-7-19-15-10-20-13(8-14(15)17)9-21-16(18)12-4-3-5-12/h8,10-12H,3-7,9H2,1-2H3. The summed E-state index contributed by atoms with van der Waals surface area (Å²) in [4.78, 5) is 23.4. The molecular weight excluding hydrogens is 272 g/mol. The van der Waals surface area contributed by atoms with Gasteiger partial charge in [0.1, 0.15) is 18.6 Å². The summed E-state index contributed by atoms with van der Waals surface area (Å²) in [5, 5.41) is 0. The van der Waals surface area contributed by atoms with E-state index in [1.807, 2.05) is 0 Å². The zero-order valence-electron chi connectivity index (χ0n) is 12.6. The zero-order chi connectivity index (χ0) is 15.2. The first-order valence-electron chi connectivity index (χ1n) is 7.47. The highest BCUT2D eigenvalue weighted by molar-refractivity contribution is 5.73. The molecule has 0 bridgehead atoms. The maximum Gasteiger partial charge on any atom is 0.309 e. The Morgan fingerprint density at radius 2 is 2.19 bits per heavy atom. The minimum absolute atomic E-state index is 0.00313. The predicted octanol–water partition coefficient (Wildman–Crippen LogP) is 2.91. The molecule has 116 valence electrons. The number of carbonyl (C=O) groups excluding carboxylic acids is 1. The molecule has 5 heteroatoms. The quantitative estimate of drug-likeness (QED) is 0.723. The summed E-state index contributed by atoms with van der Waals surface area (Å²) < 4.78 is 15.8. The first-order chi connectivity index (χ1) is 10.1. The number of rotatable bonds is 7. The van der Waals surface area contributed by atoms with Crippen molar-refractivity contribution in [3.63, 3.8) is 0 Å². The van der Waals surface area contributed by atoms with Crippen LogP contribution in [-0.2, 0) is 16.1 Å². The molecule has 0 saturated heterocycles. The third-order valence-electron chi connectivity index (χ3n) is 3.60. The van der Waals surface area contributed by atoms with Crippen LogP contribution in [0.5, 0.6) is 5.75 Å². The van der Waals surface area contributed by atoms with Crippen LogP contribution in [0.2, 0.25) is 0 Å². The van der Waals surface area contributed by atoms with Crippen LogP contribution in [0.3, 0.4) is 0 Å². The van der Waals surface area contributed by atoms with E-state index < -0.39 is 0 Å². The molecule has 5 nitrogen and oxygen atoms in total. The van der Waals surface area contributed by atoms with Crippen LogP contribution >= 0.6 is 0 Å². The summed E-state index contributed by atoms with van der Waals surface area (Å²) >= 11 is 0. The third kappa shape index (κ3) is 4.62. The molecule has 1 aromatic rings. The van der Waals surface area contributed by atoms with E-state index in [0.29, 0.717) is 18.3 Å². The van der Waals surface area contributed by atoms with Crippen molar-refractivity contribution in [2.24, 2.45) is 11.8 Å². The Kier molecular flexibility index (Phi) is 5.42. The molecule has 0 aliphatic heterocycles. The number of ether oxygens (including phenoxy) is 2. The second-order valence-corrected chi connectivity index (χ2v) is 5.84. The average molecular weight is 294 g/mol. The molecule has 0 unspecified atom stereocenters. The smallest absolute Gasteiger partial charge is 0.309 e. The Morgan fingerprint density at radius 3 is 2.76 bits per heavy atom. The summed E-state index contributed by atoms with van der Waals surface area (Å²) in [7, 11) is 0. The van der Waals surface area contributed by atoms with Crippen LogP contribution in [0.25, 0.3) is 0 Å². The molecule has 1 aliphatic rings. The molecule has 0 spiro atoms. The van der Waals surface area contributed by atoms with Crippen molar-refractivity contribution in [2.45, 2.75) is 46.1 Å². The highest BCUT2D eigenvalue weighted by atomic mass is 16.5. The maximum atomic E-state index is 11.8. The van der Waals surface area contributed by atoms with Crippen LogP contribution in [0.15, 0.2) is 21.5 Å². The van der Waals surface area contributed by atoms with Crippen LogP contribution in [-0.4, -0.2) is 12.6 Å². The molecule has 1 fully saturated rings. The highest BCUT2D eigenvalue weighted by Gasteiger charge is 2.26. The highest BCUT2D eigenvalue weighted by Crippen LogP contribution is 2.27. The summed E-state index contributed by atoms with van der Waals surface area (Å²) in [6, 6.07) is 1.32. The van der Waals surface area contributed by atoms with E-state index in [4.69, 9.17) is 13.9 Å². The van der Waals surface area contributed by atoms with Gasteiger partial charge in [-0.1, -0.05) is 20.3 Å². The monoisotopic (exact) mass is 294 g/mol. The van der Waals surface area contributed by atoms with Gasteiger partial charge in [0, 0.05) is 6.07 Å². The fraction of sp³-hybridized carbons (Fsp3) is 0.625. The van der Waals surface area contributed by atoms with Crippen LogP contribution in [0.4, 0.5) is 0 Å². The summed E-state index contributed by atoms with van der Waals surface area (Å²) in [5.74, 6) is 0.868. The van der Waals surface area contributed by atoms with E-state index in [1.165, 1.54) is 12.3 Å². The van der Waals surface area contributed by atoms with Crippen molar-refractivity contribution in [3.05, 3.63) is 28.3 Å². The fourth-order valence-corrected chi connectivity index (χ4v) is 1.93. The SMILES string of the molecule is CC(C)CCOc1coc(COC(=O)C2CCC2)cc1=O. The predicted molar refractivity (Wildman–Crippen MR) is 77.1 cm³/mol. The topological polar surface area (TPSA) is 65.7 Å². The molecule has 0 aromatic carbocycles. The molecule has 1 aromatic heterocycles. The molecule has 1 saturated carbocycles. The Hall–Kier alpha value is -1.78. The van der Waals surface area contributed by atoms with Gasteiger partial charge in [-0.3, -0.25) is 9.59 Å². The molecule has 0 radical (unpaired) electrons.